The molecule has 1 aliphatic heterocycles. The van der Waals surface area contributed by atoms with Crippen LogP contribution in [0.5, 0.6) is 5.75 Å². The number of hydrogen-bond donors (Lipinski definition) is 2. The minimum Gasteiger partial charge on any atom is -0.508 e. The third-order valence-electron chi connectivity index (χ3n) is 3.69. The Morgan fingerprint density at radius 3 is 2.74 bits per heavy atom. The Morgan fingerprint density at radius 1 is 1.37 bits per heavy atom. The van der Waals surface area contributed by atoms with Gasteiger partial charge in [-0.15, -0.1) is 0 Å². The zero-order chi connectivity index (χ0) is 13.2. The Balaban J connectivity index is 1.68. The molecule has 0 amide bonds. The first-order valence-electron chi connectivity index (χ1n) is 6.53. The predicted octanol–water partition coefficient (Wildman–Crippen LogP) is 1.69. The first kappa shape index (κ1) is 12.2. The second kappa shape index (κ2) is 5.01. The highest BCUT2D eigenvalue weighted by Gasteiger charge is 2.28. The molecule has 1 aromatic carbocycles. The molecule has 2 N–H and O–H groups in total. The second-order valence-corrected chi connectivity index (χ2v) is 5.10. The van der Waals surface area contributed by atoms with E-state index in [1.807, 2.05) is 12.1 Å². The molecule has 0 bridgehead atoms. The van der Waals surface area contributed by atoms with E-state index < -0.39 is 0 Å². The summed E-state index contributed by atoms with van der Waals surface area (Å²) in [6, 6.07) is 7.06. The maximum Gasteiger partial charge on any atom is 0.229 e. The second-order valence-electron chi connectivity index (χ2n) is 5.10. The van der Waals surface area contributed by atoms with E-state index in [1.54, 1.807) is 12.1 Å². The van der Waals surface area contributed by atoms with E-state index in [4.69, 9.17) is 4.52 Å². The molecule has 19 heavy (non-hydrogen) atoms. The lowest BCUT2D eigenvalue weighted by Gasteiger charge is -2.30. The summed E-state index contributed by atoms with van der Waals surface area (Å²) < 4.78 is 5.34. The van der Waals surface area contributed by atoms with Gasteiger partial charge in [0, 0.05) is 12.3 Å². The lowest BCUT2D eigenvalue weighted by atomic mass is 9.89. The minimum atomic E-state index is 0.267. The van der Waals surface area contributed by atoms with Crippen molar-refractivity contribution in [1.82, 2.24) is 15.5 Å². The molecule has 1 aromatic heterocycles. The highest BCUT2D eigenvalue weighted by atomic mass is 16.5. The molecule has 100 valence electrons. The van der Waals surface area contributed by atoms with Crippen LogP contribution in [-0.4, -0.2) is 28.3 Å². The molecule has 1 atom stereocenters. The number of phenolic OH excluding ortho intramolecular Hbond substituents is 1. The van der Waals surface area contributed by atoms with Gasteiger partial charge in [-0.05, 0) is 36.7 Å². The van der Waals surface area contributed by atoms with Gasteiger partial charge in [-0.1, -0.05) is 24.2 Å². The maximum absolute atomic E-state index is 9.24. The smallest absolute Gasteiger partial charge is 0.229 e. The van der Waals surface area contributed by atoms with Crippen molar-refractivity contribution in [2.45, 2.75) is 19.3 Å². The van der Waals surface area contributed by atoms with Crippen LogP contribution in [-0.2, 0) is 6.42 Å². The molecule has 5 heteroatoms. The van der Waals surface area contributed by atoms with E-state index >= 15 is 0 Å². The number of hydrogen-bond acceptors (Lipinski definition) is 5. The van der Waals surface area contributed by atoms with Crippen molar-refractivity contribution in [2.24, 2.45) is 5.92 Å². The Kier molecular flexibility index (Phi) is 3.21. The minimum absolute atomic E-state index is 0.267. The lowest BCUT2D eigenvalue weighted by molar-refractivity contribution is 0.252. The summed E-state index contributed by atoms with van der Waals surface area (Å²) >= 11 is 0. The highest BCUT2D eigenvalue weighted by Crippen LogP contribution is 2.25. The quantitative estimate of drug-likeness (QED) is 0.874. The van der Waals surface area contributed by atoms with Crippen LogP contribution in [0, 0.1) is 5.92 Å². The SMILES string of the molecule is CC(c1nc(Cc2ccc(O)cc2)no1)C1CNC1. The summed E-state index contributed by atoms with van der Waals surface area (Å²) in [7, 11) is 0. The van der Waals surface area contributed by atoms with Gasteiger partial charge in [0.05, 0.1) is 0 Å². The van der Waals surface area contributed by atoms with Crippen LogP contribution in [0.2, 0.25) is 0 Å². The molecule has 1 saturated heterocycles. The number of rotatable bonds is 4. The molecule has 5 nitrogen and oxygen atoms in total. The van der Waals surface area contributed by atoms with Crippen LogP contribution in [0.15, 0.2) is 28.8 Å². The summed E-state index contributed by atoms with van der Waals surface area (Å²) in [4.78, 5) is 4.46. The van der Waals surface area contributed by atoms with Gasteiger partial charge in [0.15, 0.2) is 5.82 Å². The molecule has 0 saturated carbocycles. The van der Waals surface area contributed by atoms with Gasteiger partial charge in [-0.3, -0.25) is 0 Å². The van der Waals surface area contributed by atoms with Gasteiger partial charge in [0.1, 0.15) is 5.75 Å². The number of aromatic hydroxyl groups is 1. The Morgan fingerprint density at radius 2 is 2.11 bits per heavy atom. The molecule has 1 aliphatic rings. The van der Waals surface area contributed by atoms with E-state index in [-0.39, 0.29) is 5.75 Å². The van der Waals surface area contributed by atoms with E-state index in [2.05, 4.69) is 22.4 Å². The fraction of sp³-hybridized carbons (Fsp3) is 0.429. The summed E-state index contributed by atoms with van der Waals surface area (Å²) in [6.45, 7) is 4.18. The molecular formula is C14H17N3O2. The van der Waals surface area contributed by atoms with Crippen molar-refractivity contribution in [2.75, 3.05) is 13.1 Å². The summed E-state index contributed by atoms with van der Waals surface area (Å²) in [5, 5.41) is 16.5. The van der Waals surface area contributed by atoms with E-state index in [0.29, 0.717) is 24.1 Å². The molecule has 2 aromatic rings. The Hall–Kier alpha value is -1.88. The van der Waals surface area contributed by atoms with Crippen LogP contribution in [0.4, 0.5) is 0 Å². The third-order valence-corrected chi connectivity index (χ3v) is 3.69. The molecule has 3 rings (SSSR count). The van der Waals surface area contributed by atoms with Gasteiger partial charge < -0.3 is 14.9 Å². The molecule has 1 fully saturated rings. The fourth-order valence-corrected chi connectivity index (χ4v) is 2.19. The fourth-order valence-electron chi connectivity index (χ4n) is 2.19. The van der Waals surface area contributed by atoms with Crippen molar-refractivity contribution >= 4 is 0 Å². The average Bonchev–Trinajstić information content (AvgIpc) is 2.78. The maximum atomic E-state index is 9.24. The zero-order valence-electron chi connectivity index (χ0n) is 10.8. The normalized spacial score (nSPS) is 17.1. The van der Waals surface area contributed by atoms with Crippen LogP contribution in [0.1, 0.15) is 30.1 Å². The molecule has 0 spiro atoms. The largest absolute Gasteiger partial charge is 0.508 e. The van der Waals surface area contributed by atoms with Gasteiger partial charge in [-0.25, -0.2) is 0 Å². The Labute approximate surface area is 111 Å². The van der Waals surface area contributed by atoms with Crippen LogP contribution in [0.3, 0.4) is 0 Å². The van der Waals surface area contributed by atoms with Crippen molar-refractivity contribution in [3.05, 3.63) is 41.5 Å². The standard InChI is InChI=1S/C14H17N3O2/c1-9(11-7-15-8-11)14-16-13(17-19-14)6-10-2-4-12(18)5-3-10/h2-5,9,11,15,18H,6-8H2,1H3. The van der Waals surface area contributed by atoms with Crippen molar-refractivity contribution in [1.29, 1.82) is 0 Å². The van der Waals surface area contributed by atoms with Crippen LogP contribution in [0.25, 0.3) is 0 Å². The van der Waals surface area contributed by atoms with E-state index in [1.165, 1.54) is 0 Å². The van der Waals surface area contributed by atoms with Gasteiger partial charge in [0.25, 0.3) is 0 Å². The molecular weight excluding hydrogens is 242 g/mol. The molecule has 1 unspecified atom stereocenters. The van der Waals surface area contributed by atoms with Gasteiger partial charge >= 0.3 is 0 Å². The molecule has 0 aliphatic carbocycles. The average molecular weight is 259 g/mol. The number of nitrogens with zero attached hydrogens (tertiary/aromatic N) is 2. The van der Waals surface area contributed by atoms with Gasteiger partial charge in [0.2, 0.25) is 5.89 Å². The third kappa shape index (κ3) is 2.61. The van der Waals surface area contributed by atoms with E-state index in [9.17, 15) is 5.11 Å². The number of benzene rings is 1. The number of nitrogens with one attached hydrogen (secondary N) is 1. The first-order chi connectivity index (χ1) is 9.22. The monoisotopic (exact) mass is 259 g/mol. The lowest BCUT2D eigenvalue weighted by Crippen LogP contribution is -2.44. The summed E-state index contributed by atoms with van der Waals surface area (Å²) in [5.41, 5.74) is 1.06. The van der Waals surface area contributed by atoms with E-state index in [0.717, 1.165) is 24.5 Å². The zero-order valence-corrected chi connectivity index (χ0v) is 10.8. The molecule has 0 radical (unpaired) electrons. The highest BCUT2D eigenvalue weighted by molar-refractivity contribution is 5.27. The van der Waals surface area contributed by atoms with Crippen LogP contribution >= 0.6 is 0 Å². The van der Waals surface area contributed by atoms with Crippen molar-refractivity contribution in [3.8, 4) is 5.75 Å². The predicted molar refractivity (Wildman–Crippen MR) is 70.0 cm³/mol. The van der Waals surface area contributed by atoms with Crippen molar-refractivity contribution < 1.29 is 9.63 Å². The first-order valence-corrected chi connectivity index (χ1v) is 6.53. The number of phenols is 1. The van der Waals surface area contributed by atoms with Gasteiger partial charge in [-0.2, -0.15) is 4.98 Å². The van der Waals surface area contributed by atoms with Crippen LogP contribution < -0.4 is 5.32 Å². The number of aromatic nitrogens is 2. The summed E-state index contributed by atoms with van der Waals surface area (Å²) in [5.74, 6) is 2.59. The Bertz CT molecular complexity index is 546. The topological polar surface area (TPSA) is 71.2 Å². The summed E-state index contributed by atoms with van der Waals surface area (Å²) in [6.07, 6.45) is 0.624. The van der Waals surface area contributed by atoms with Crippen molar-refractivity contribution in [3.63, 3.8) is 0 Å². The molecule has 2 heterocycles.